The Morgan fingerprint density at radius 3 is 2.54 bits per heavy atom. The molecule has 1 aromatic rings. The number of carbonyl (C=O) groups is 2. The van der Waals surface area contributed by atoms with Crippen LogP contribution in [-0.2, 0) is 14.3 Å². The highest BCUT2D eigenvalue weighted by molar-refractivity contribution is 8.15. The van der Waals surface area contributed by atoms with Crippen LogP contribution in [0, 0.1) is 0 Å². The zero-order valence-corrected chi connectivity index (χ0v) is 17.5. The molecule has 1 aromatic carbocycles. The molecule has 1 fully saturated rings. The minimum atomic E-state index is -0.625. The number of carbonyl (C=O) groups excluding carboxylic acids is 2. The van der Waals surface area contributed by atoms with Gasteiger partial charge >= 0.3 is 5.97 Å². The second kappa shape index (κ2) is 8.26. The zero-order chi connectivity index (χ0) is 20.4. The molecule has 0 saturated carbocycles. The maximum absolute atomic E-state index is 12.9. The van der Waals surface area contributed by atoms with Crippen LogP contribution < -0.4 is 9.47 Å². The fourth-order valence-electron chi connectivity index (χ4n) is 3.33. The highest BCUT2D eigenvalue weighted by atomic mass is 32.2. The van der Waals surface area contributed by atoms with E-state index in [1.807, 2.05) is 32.9 Å². The number of fused-ring (bicyclic) bond motifs is 1. The topological polar surface area (TPSA) is 77.4 Å². The molecule has 1 amide bonds. The number of hydrogen-bond donors (Lipinski definition) is 0. The van der Waals surface area contributed by atoms with Gasteiger partial charge in [0.15, 0.2) is 16.7 Å². The van der Waals surface area contributed by atoms with Crippen LogP contribution in [0.4, 0.5) is 0 Å². The van der Waals surface area contributed by atoms with Gasteiger partial charge in [-0.05, 0) is 45.4 Å². The van der Waals surface area contributed by atoms with Crippen molar-refractivity contribution in [2.75, 3.05) is 20.3 Å². The van der Waals surface area contributed by atoms with Gasteiger partial charge in [0.1, 0.15) is 0 Å². The Morgan fingerprint density at radius 2 is 1.89 bits per heavy atom. The van der Waals surface area contributed by atoms with Crippen molar-refractivity contribution in [1.82, 2.24) is 4.90 Å². The molecule has 2 aliphatic heterocycles. The Bertz CT molecular complexity index is 864. The molecule has 0 radical (unpaired) electrons. The molecule has 2 heterocycles. The molecule has 8 heteroatoms. The third-order valence-corrected chi connectivity index (χ3v) is 5.60. The average Bonchev–Trinajstić information content (AvgIpc) is 2.95. The number of amides is 1. The van der Waals surface area contributed by atoms with Crippen molar-refractivity contribution in [2.45, 2.75) is 39.0 Å². The first kappa shape index (κ1) is 20.3. The van der Waals surface area contributed by atoms with Gasteiger partial charge in [-0.15, -0.1) is 0 Å². The lowest BCUT2D eigenvalue weighted by atomic mass is 9.94. The van der Waals surface area contributed by atoms with Gasteiger partial charge in [0.2, 0.25) is 5.91 Å². The number of allylic oxidation sites excluding steroid dienone is 1. The normalized spacial score (nSPS) is 21.4. The predicted molar refractivity (Wildman–Crippen MR) is 108 cm³/mol. The summed E-state index contributed by atoms with van der Waals surface area (Å²) in [6.45, 7) is 8.36. The van der Waals surface area contributed by atoms with Crippen LogP contribution in [-0.4, -0.2) is 47.5 Å². The standard InChI is InChI=1S/C20H24N2O5S/c1-6-26-14-9-8-13(10-15(14)27-7-2)17-16(19(24)25-5)11(3)21-20-22(17)18(23)12(4)28-20/h8-10,12,17H,6-7H2,1-5H3/t12-,17+/m1/s1. The largest absolute Gasteiger partial charge is 0.490 e. The van der Waals surface area contributed by atoms with Crippen molar-refractivity contribution in [3.63, 3.8) is 0 Å². The van der Waals surface area contributed by atoms with Crippen LogP contribution in [0.3, 0.4) is 0 Å². The molecule has 2 aliphatic rings. The van der Waals surface area contributed by atoms with Gasteiger partial charge in [0.25, 0.3) is 0 Å². The summed E-state index contributed by atoms with van der Waals surface area (Å²) < 4.78 is 16.4. The maximum atomic E-state index is 12.9. The molecule has 0 aliphatic carbocycles. The quantitative estimate of drug-likeness (QED) is 0.677. The fourth-order valence-corrected chi connectivity index (χ4v) is 4.36. The van der Waals surface area contributed by atoms with Crippen molar-refractivity contribution in [3.05, 3.63) is 35.0 Å². The van der Waals surface area contributed by atoms with Crippen LogP contribution in [0.15, 0.2) is 34.5 Å². The molecule has 2 atom stereocenters. The van der Waals surface area contributed by atoms with Gasteiger partial charge in [-0.3, -0.25) is 9.69 Å². The summed E-state index contributed by atoms with van der Waals surface area (Å²) >= 11 is 1.39. The Balaban J connectivity index is 2.15. The first-order chi connectivity index (χ1) is 13.4. The first-order valence-corrected chi connectivity index (χ1v) is 10.1. The van der Waals surface area contributed by atoms with Crippen LogP contribution in [0.1, 0.15) is 39.3 Å². The molecule has 7 nitrogen and oxygen atoms in total. The smallest absolute Gasteiger partial charge is 0.338 e. The highest BCUT2D eigenvalue weighted by Crippen LogP contribution is 2.44. The third-order valence-electron chi connectivity index (χ3n) is 4.55. The van der Waals surface area contributed by atoms with E-state index in [2.05, 4.69) is 4.99 Å². The van der Waals surface area contributed by atoms with Crippen LogP contribution in [0.5, 0.6) is 11.5 Å². The summed E-state index contributed by atoms with van der Waals surface area (Å²) in [7, 11) is 1.33. The minimum absolute atomic E-state index is 0.0884. The van der Waals surface area contributed by atoms with Gasteiger partial charge in [-0.2, -0.15) is 0 Å². The summed E-state index contributed by atoms with van der Waals surface area (Å²) in [6, 6.07) is 4.84. The van der Waals surface area contributed by atoms with E-state index in [0.717, 1.165) is 5.56 Å². The van der Waals surface area contributed by atoms with Gasteiger partial charge in [0, 0.05) is 0 Å². The van der Waals surface area contributed by atoms with Crippen LogP contribution in [0.25, 0.3) is 0 Å². The van der Waals surface area contributed by atoms with E-state index in [0.29, 0.717) is 41.2 Å². The summed E-state index contributed by atoms with van der Waals surface area (Å²) in [5.74, 6) is 0.595. The lowest BCUT2D eigenvalue weighted by molar-refractivity contribution is -0.137. The van der Waals surface area contributed by atoms with Crippen LogP contribution in [0.2, 0.25) is 0 Å². The van der Waals surface area contributed by atoms with E-state index in [9.17, 15) is 9.59 Å². The number of methoxy groups -OCH3 is 1. The lowest BCUT2D eigenvalue weighted by Crippen LogP contribution is -2.40. The summed E-state index contributed by atoms with van der Waals surface area (Å²) in [5.41, 5.74) is 1.63. The number of hydrogen-bond acceptors (Lipinski definition) is 7. The molecule has 0 aromatic heterocycles. The Labute approximate surface area is 168 Å². The Morgan fingerprint density at radius 1 is 1.21 bits per heavy atom. The van der Waals surface area contributed by atoms with Crippen molar-refractivity contribution in [2.24, 2.45) is 4.99 Å². The summed E-state index contributed by atoms with van der Waals surface area (Å²) in [4.78, 5) is 31.5. The fraction of sp³-hybridized carbons (Fsp3) is 0.450. The lowest BCUT2D eigenvalue weighted by Gasteiger charge is -2.33. The maximum Gasteiger partial charge on any atom is 0.338 e. The van der Waals surface area contributed by atoms with Gasteiger partial charge in [-0.1, -0.05) is 17.8 Å². The molecule has 0 N–H and O–H groups in total. The van der Waals surface area contributed by atoms with Crippen molar-refractivity contribution >= 4 is 28.8 Å². The van der Waals surface area contributed by atoms with Crippen molar-refractivity contribution in [3.8, 4) is 11.5 Å². The third kappa shape index (κ3) is 3.48. The first-order valence-electron chi connectivity index (χ1n) is 9.19. The van der Waals surface area contributed by atoms with E-state index in [4.69, 9.17) is 14.2 Å². The Kier molecular flexibility index (Phi) is 5.98. The molecule has 28 heavy (non-hydrogen) atoms. The molecular weight excluding hydrogens is 380 g/mol. The number of amidine groups is 1. The molecule has 0 spiro atoms. The number of esters is 1. The average molecular weight is 404 g/mol. The van der Waals surface area contributed by atoms with Gasteiger partial charge in [0.05, 0.1) is 42.9 Å². The molecule has 3 rings (SSSR count). The van der Waals surface area contributed by atoms with E-state index >= 15 is 0 Å². The van der Waals surface area contributed by atoms with Crippen molar-refractivity contribution in [1.29, 1.82) is 0 Å². The SMILES string of the molecule is CCOc1ccc([C@H]2C(C(=O)OC)=C(C)N=C3S[C@H](C)C(=O)N32)cc1OCC. The zero-order valence-electron chi connectivity index (χ0n) is 16.6. The highest BCUT2D eigenvalue weighted by Gasteiger charge is 2.46. The van der Waals surface area contributed by atoms with E-state index < -0.39 is 12.0 Å². The molecule has 0 bridgehead atoms. The summed E-state index contributed by atoms with van der Waals surface area (Å²) in [5, 5.41) is 0.333. The number of benzene rings is 1. The van der Waals surface area contributed by atoms with E-state index in [-0.39, 0.29) is 11.2 Å². The van der Waals surface area contributed by atoms with Crippen molar-refractivity contribution < 1.29 is 23.8 Å². The summed E-state index contributed by atoms with van der Waals surface area (Å²) in [6.07, 6.45) is 0. The predicted octanol–water partition coefficient (Wildman–Crippen LogP) is 3.31. The number of nitrogens with zero attached hydrogens (tertiary/aromatic N) is 2. The second-order valence-electron chi connectivity index (χ2n) is 6.33. The van der Waals surface area contributed by atoms with Gasteiger partial charge < -0.3 is 14.2 Å². The number of rotatable bonds is 6. The minimum Gasteiger partial charge on any atom is -0.490 e. The molecular formula is C20H24N2O5S. The second-order valence-corrected chi connectivity index (χ2v) is 7.64. The number of ether oxygens (including phenoxy) is 3. The van der Waals surface area contributed by atoms with E-state index in [1.165, 1.54) is 18.9 Å². The monoisotopic (exact) mass is 404 g/mol. The Hall–Kier alpha value is -2.48. The van der Waals surface area contributed by atoms with E-state index in [1.54, 1.807) is 17.9 Å². The number of aliphatic imine (C=N–C) groups is 1. The molecule has 1 saturated heterocycles. The molecule has 0 unspecified atom stereocenters. The molecule has 150 valence electrons. The van der Waals surface area contributed by atoms with Crippen LogP contribution >= 0.6 is 11.8 Å². The number of thioether (sulfide) groups is 1. The van der Waals surface area contributed by atoms with Gasteiger partial charge in [-0.25, -0.2) is 9.79 Å².